The van der Waals surface area contributed by atoms with Crippen LogP contribution < -0.4 is 5.32 Å². The van der Waals surface area contributed by atoms with Gasteiger partial charge < -0.3 is 14.8 Å². The molecular weight excluding hydrogens is 240 g/mol. The highest BCUT2D eigenvalue weighted by Crippen LogP contribution is 2.31. The van der Waals surface area contributed by atoms with Crippen molar-refractivity contribution in [3.8, 4) is 0 Å². The molecule has 5 heteroatoms. The van der Waals surface area contributed by atoms with Gasteiger partial charge in [-0.3, -0.25) is 4.79 Å². The molecular formula is C14H22N4O. The highest BCUT2D eigenvalue weighted by Gasteiger charge is 2.34. The molecule has 2 aliphatic rings. The average Bonchev–Trinajstić information content (AvgIpc) is 3.20. The van der Waals surface area contributed by atoms with Gasteiger partial charge in [-0.2, -0.15) is 0 Å². The molecule has 0 bridgehead atoms. The Morgan fingerprint density at radius 3 is 2.68 bits per heavy atom. The van der Waals surface area contributed by atoms with Crippen LogP contribution in [0.2, 0.25) is 0 Å². The van der Waals surface area contributed by atoms with Gasteiger partial charge >= 0.3 is 0 Å². The maximum Gasteiger partial charge on any atom is 0.225 e. The van der Waals surface area contributed by atoms with E-state index in [4.69, 9.17) is 0 Å². The zero-order valence-corrected chi connectivity index (χ0v) is 11.5. The van der Waals surface area contributed by atoms with Crippen molar-refractivity contribution in [2.24, 2.45) is 13.0 Å². The van der Waals surface area contributed by atoms with Gasteiger partial charge in [0.1, 0.15) is 5.82 Å². The molecule has 3 rings (SSSR count). The fraction of sp³-hybridized carbons (Fsp3) is 0.714. The Labute approximate surface area is 114 Å². The fourth-order valence-electron chi connectivity index (χ4n) is 2.69. The number of hydrogen-bond donors (Lipinski definition) is 1. The highest BCUT2D eigenvalue weighted by atomic mass is 16.2. The minimum absolute atomic E-state index is 0.358. The maximum absolute atomic E-state index is 11.9. The Bertz CT molecular complexity index is 444. The zero-order valence-electron chi connectivity index (χ0n) is 11.5. The second-order valence-electron chi connectivity index (χ2n) is 5.71. The molecule has 104 valence electrons. The number of imidazole rings is 1. The van der Waals surface area contributed by atoms with Crippen LogP contribution in [0.15, 0.2) is 12.4 Å². The summed E-state index contributed by atoms with van der Waals surface area (Å²) in [4.78, 5) is 18.3. The molecule has 1 saturated heterocycles. The lowest BCUT2D eigenvalue weighted by atomic mass is 10.0. The molecule has 1 aromatic heterocycles. The molecule has 1 aromatic rings. The molecule has 1 N–H and O–H groups in total. The highest BCUT2D eigenvalue weighted by molar-refractivity contribution is 5.81. The van der Waals surface area contributed by atoms with Crippen LogP contribution in [0.1, 0.15) is 31.5 Å². The summed E-state index contributed by atoms with van der Waals surface area (Å²) in [5, 5.41) is 3.55. The summed E-state index contributed by atoms with van der Waals surface area (Å²) in [6.07, 6.45) is 8.12. The quantitative estimate of drug-likeness (QED) is 0.877. The van der Waals surface area contributed by atoms with Gasteiger partial charge in [0.15, 0.2) is 0 Å². The van der Waals surface area contributed by atoms with Crippen molar-refractivity contribution in [2.45, 2.75) is 38.3 Å². The van der Waals surface area contributed by atoms with Crippen LogP contribution in [0.3, 0.4) is 0 Å². The molecule has 1 amide bonds. The van der Waals surface area contributed by atoms with E-state index >= 15 is 0 Å². The molecule has 0 atom stereocenters. The molecule has 0 unspecified atom stereocenters. The van der Waals surface area contributed by atoms with Gasteiger partial charge in [0.05, 0.1) is 6.54 Å². The molecule has 5 nitrogen and oxygen atoms in total. The monoisotopic (exact) mass is 262 g/mol. The van der Waals surface area contributed by atoms with E-state index in [9.17, 15) is 4.79 Å². The number of amides is 1. The fourth-order valence-corrected chi connectivity index (χ4v) is 2.69. The van der Waals surface area contributed by atoms with Crippen LogP contribution in [0.5, 0.6) is 0 Å². The Morgan fingerprint density at radius 1 is 1.37 bits per heavy atom. The lowest BCUT2D eigenvalue weighted by molar-refractivity contribution is -0.133. The summed E-state index contributed by atoms with van der Waals surface area (Å²) in [5.74, 6) is 1.82. The maximum atomic E-state index is 11.9. The second-order valence-corrected chi connectivity index (χ2v) is 5.71. The van der Waals surface area contributed by atoms with Crippen LogP contribution in [0.25, 0.3) is 0 Å². The number of likely N-dealkylation sites (tertiary alicyclic amines) is 1. The molecule has 2 heterocycles. The van der Waals surface area contributed by atoms with E-state index < -0.39 is 0 Å². The number of nitrogens with zero attached hydrogens (tertiary/aromatic N) is 3. The van der Waals surface area contributed by atoms with E-state index in [1.165, 1.54) is 0 Å². The standard InChI is InChI=1S/C14H22N4O/c1-17-9-6-15-13(17)10-16-12-4-7-18(8-5-12)14(19)11-2-3-11/h6,9,11-12,16H,2-5,7-8,10H2,1H3. The smallest absolute Gasteiger partial charge is 0.225 e. The van der Waals surface area contributed by atoms with Crippen molar-refractivity contribution in [2.75, 3.05) is 13.1 Å². The summed E-state index contributed by atoms with van der Waals surface area (Å²) in [5.41, 5.74) is 0. The van der Waals surface area contributed by atoms with E-state index in [0.717, 1.165) is 51.1 Å². The molecule has 1 aliphatic heterocycles. The van der Waals surface area contributed by atoms with Gasteiger partial charge in [-0.15, -0.1) is 0 Å². The summed E-state index contributed by atoms with van der Waals surface area (Å²) >= 11 is 0. The third kappa shape index (κ3) is 2.97. The molecule has 2 fully saturated rings. The zero-order chi connectivity index (χ0) is 13.2. The minimum atomic E-state index is 0.358. The first kappa shape index (κ1) is 12.7. The molecule has 0 aromatic carbocycles. The van der Waals surface area contributed by atoms with Crippen molar-refractivity contribution in [3.63, 3.8) is 0 Å². The normalized spacial score (nSPS) is 20.8. The van der Waals surface area contributed by atoms with Crippen LogP contribution in [-0.4, -0.2) is 39.5 Å². The Hall–Kier alpha value is -1.36. The van der Waals surface area contributed by atoms with Crippen molar-refractivity contribution in [1.29, 1.82) is 0 Å². The van der Waals surface area contributed by atoms with E-state index in [1.54, 1.807) is 0 Å². The first-order valence-electron chi connectivity index (χ1n) is 7.22. The average molecular weight is 262 g/mol. The summed E-state index contributed by atoms with van der Waals surface area (Å²) in [6, 6.07) is 0.514. The van der Waals surface area contributed by atoms with E-state index in [1.807, 2.05) is 24.0 Å². The summed E-state index contributed by atoms with van der Waals surface area (Å²) in [6.45, 7) is 2.63. The van der Waals surface area contributed by atoms with Gasteiger partial charge in [-0.05, 0) is 25.7 Å². The van der Waals surface area contributed by atoms with Crippen molar-refractivity contribution in [3.05, 3.63) is 18.2 Å². The number of nitrogens with one attached hydrogen (secondary N) is 1. The van der Waals surface area contributed by atoms with Crippen LogP contribution >= 0.6 is 0 Å². The Balaban J connectivity index is 1.43. The molecule has 19 heavy (non-hydrogen) atoms. The number of aromatic nitrogens is 2. The summed E-state index contributed by atoms with van der Waals surface area (Å²) < 4.78 is 2.04. The predicted molar refractivity (Wildman–Crippen MR) is 72.4 cm³/mol. The van der Waals surface area contributed by atoms with Gasteiger partial charge in [0.25, 0.3) is 0 Å². The number of aryl methyl sites for hydroxylation is 1. The van der Waals surface area contributed by atoms with Crippen molar-refractivity contribution < 1.29 is 4.79 Å². The number of hydrogen-bond acceptors (Lipinski definition) is 3. The van der Waals surface area contributed by atoms with E-state index in [2.05, 4.69) is 15.2 Å². The first-order valence-corrected chi connectivity index (χ1v) is 7.22. The van der Waals surface area contributed by atoms with Crippen LogP contribution in [-0.2, 0) is 18.4 Å². The third-order valence-electron chi connectivity index (χ3n) is 4.20. The predicted octanol–water partition coefficient (Wildman–Crippen LogP) is 0.911. The lowest BCUT2D eigenvalue weighted by Gasteiger charge is -2.32. The van der Waals surface area contributed by atoms with Gasteiger partial charge in [-0.25, -0.2) is 4.98 Å². The van der Waals surface area contributed by atoms with Crippen LogP contribution in [0, 0.1) is 5.92 Å². The first-order chi connectivity index (χ1) is 9.24. The van der Waals surface area contributed by atoms with Gasteiger partial charge in [0.2, 0.25) is 5.91 Å². The van der Waals surface area contributed by atoms with Crippen molar-refractivity contribution >= 4 is 5.91 Å². The van der Waals surface area contributed by atoms with Crippen molar-refractivity contribution in [1.82, 2.24) is 19.8 Å². The second kappa shape index (κ2) is 5.33. The number of carbonyl (C=O) groups excluding carboxylic acids is 1. The summed E-state index contributed by atoms with van der Waals surface area (Å²) in [7, 11) is 2.01. The molecule has 1 saturated carbocycles. The number of piperidine rings is 1. The van der Waals surface area contributed by atoms with E-state index in [0.29, 0.717) is 17.9 Å². The largest absolute Gasteiger partial charge is 0.342 e. The van der Waals surface area contributed by atoms with Crippen LogP contribution in [0.4, 0.5) is 0 Å². The molecule has 0 radical (unpaired) electrons. The number of carbonyl (C=O) groups is 1. The molecule has 0 spiro atoms. The Morgan fingerprint density at radius 2 is 2.11 bits per heavy atom. The topological polar surface area (TPSA) is 50.2 Å². The lowest BCUT2D eigenvalue weighted by Crippen LogP contribution is -2.45. The van der Waals surface area contributed by atoms with Gasteiger partial charge in [-0.1, -0.05) is 0 Å². The molecule has 1 aliphatic carbocycles. The van der Waals surface area contributed by atoms with E-state index in [-0.39, 0.29) is 0 Å². The SMILES string of the molecule is Cn1ccnc1CNC1CCN(C(=O)C2CC2)CC1. The van der Waals surface area contributed by atoms with Gasteiger partial charge in [0, 0.05) is 44.5 Å². The minimum Gasteiger partial charge on any atom is -0.342 e. The number of rotatable bonds is 4. The third-order valence-corrected chi connectivity index (χ3v) is 4.20. The Kier molecular flexibility index (Phi) is 3.55.